The zero-order valence-electron chi connectivity index (χ0n) is 13.1. The molecule has 0 bridgehead atoms. The summed E-state index contributed by atoms with van der Waals surface area (Å²) in [6.45, 7) is 3.84. The Morgan fingerprint density at radius 1 is 1.39 bits per heavy atom. The number of hydrogen-bond donors (Lipinski definition) is 2. The third-order valence-electron chi connectivity index (χ3n) is 4.92. The SMILES string of the molecule is Cl.O=C(NCC1(c2cccc(Cl)c2)CCOCC1)C1CCNC1. The van der Waals surface area contributed by atoms with Gasteiger partial charge in [0.05, 0.1) is 5.92 Å². The first-order valence-corrected chi connectivity index (χ1v) is 8.40. The number of amides is 1. The van der Waals surface area contributed by atoms with E-state index in [0.717, 1.165) is 50.6 Å². The maximum absolute atomic E-state index is 12.3. The average molecular weight is 359 g/mol. The summed E-state index contributed by atoms with van der Waals surface area (Å²) in [6, 6.07) is 8.01. The van der Waals surface area contributed by atoms with Crippen LogP contribution in [0.4, 0.5) is 0 Å². The molecule has 6 heteroatoms. The standard InChI is InChI=1S/C17H23ClN2O2.ClH/c18-15-3-1-2-14(10-15)17(5-8-22-9-6-17)12-20-16(21)13-4-7-19-11-13;/h1-3,10,13,19H,4-9,11-12H2,(H,20,21);1H. The van der Waals surface area contributed by atoms with Crippen LogP contribution < -0.4 is 10.6 Å². The van der Waals surface area contributed by atoms with Gasteiger partial charge in [0.15, 0.2) is 0 Å². The first-order chi connectivity index (χ1) is 10.7. The summed E-state index contributed by atoms with van der Waals surface area (Å²) in [5.74, 6) is 0.272. The van der Waals surface area contributed by atoms with Crippen LogP contribution in [0, 0.1) is 5.92 Å². The predicted octanol–water partition coefficient (Wildman–Crippen LogP) is 2.54. The molecule has 1 aromatic carbocycles. The number of ether oxygens (including phenoxy) is 1. The molecule has 0 radical (unpaired) electrons. The highest BCUT2D eigenvalue weighted by Gasteiger charge is 2.35. The van der Waals surface area contributed by atoms with Gasteiger partial charge in [-0.1, -0.05) is 23.7 Å². The summed E-state index contributed by atoms with van der Waals surface area (Å²) < 4.78 is 5.53. The lowest BCUT2D eigenvalue weighted by Crippen LogP contribution is -2.46. The topological polar surface area (TPSA) is 50.4 Å². The first kappa shape index (κ1) is 18.5. The van der Waals surface area contributed by atoms with Crippen molar-refractivity contribution in [1.82, 2.24) is 10.6 Å². The molecule has 128 valence electrons. The fourth-order valence-electron chi connectivity index (χ4n) is 3.43. The molecule has 2 N–H and O–H groups in total. The summed E-state index contributed by atoms with van der Waals surface area (Å²) in [6.07, 6.45) is 2.76. The monoisotopic (exact) mass is 358 g/mol. The Morgan fingerprint density at radius 3 is 2.83 bits per heavy atom. The second-order valence-electron chi connectivity index (χ2n) is 6.31. The quantitative estimate of drug-likeness (QED) is 0.869. The van der Waals surface area contributed by atoms with Gasteiger partial charge in [-0.25, -0.2) is 0 Å². The van der Waals surface area contributed by atoms with Crippen molar-refractivity contribution >= 4 is 29.9 Å². The van der Waals surface area contributed by atoms with Crippen molar-refractivity contribution in [1.29, 1.82) is 0 Å². The first-order valence-electron chi connectivity index (χ1n) is 8.02. The molecule has 2 aliphatic heterocycles. The summed E-state index contributed by atoms with van der Waals surface area (Å²) in [4.78, 5) is 12.3. The van der Waals surface area contributed by atoms with E-state index < -0.39 is 0 Å². The van der Waals surface area contributed by atoms with Gasteiger partial charge in [0.25, 0.3) is 0 Å². The Kier molecular flexibility index (Phi) is 6.72. The molecule has 2 saturated heterocycles. The number of nitrogens with one attached hydrogen (secondary N) is 2. The van der Waals surface area contributed by atoms with Crippen molar-refractivity contribution in [2.24, 2.45) is 5.92 Å². The number of carbonyl (C=O) groups is 1. The molecule has 0 aliphatic carbocycles. The number of benzene rings is 1. The predicted molar refractivity (Wildman–Crippen MR) is 94.4 cm³/mol. The van der Waals surface area contributed by atoms with Crippen LogP contribution in [0.5, 0.6) is 0 Å². The fourth-order valence-corrected chi connectivity index (χ4v) is 3.62. The zero-order valence-corrected chi connectivity index (χ0v) is 14.7. The molecule has 0 aromatic heterocycles. The maximum atomic E-state index is 12.3. The highest BCUT2D eigenvalue weighted by Crippen LogP contribution is 2.35. The lowest BCUT2D eigenvalue weighted by molar-refractivity contribution is -0.124. The van der Waals surface area contributed by atoms with Crippen LogP contribution in [0.25, 0.3) is 0 Å². The van der Waals surface area contributed by atoms with E-state index in [0.29, 0.717) is 6.54 Å². The molecular formula is C17H24Cl2N2O2. The van der Waals surface area contributed by atoms with Gasteiger partial charge in [-0.15, -0.1) is 12.4 Å². The Labute approximate surface area is 148 Å². The van der Waals surface area contributed by atoms with Gasteiger partial charge < -0.3 is 15.4 Å². The van der Waals surface area contributed by atoms with Gasteiger partial charge in [-0.3, -0.25) is 4.79 Å². The van der Waals surface area contributed by atoms with Crippen molar-refractivity contribution in [2.45, 2.75) is 24.7 Å². The van der Waals surface area contributed by atoms with Crippen LogP contribution in [0.3, 0.4) is 0 Å². The summed E-state index contributed by atoms with van der Waals surface area (Å²) in [7, 11) is 0. The van der Waals surface area contributed by atoms with E-state index in [4.69, 9.17) is 16.3 Å². The number of rotatable bonds is 4. The van der Waals surface area contributed by atoms with Crippen molar-refractivity contribution in [3.63, 3.8) is 0 Å². The number of carbonyl (C=O) groups excluding carboxylic acids is 1. The van der Waals surface area contributed by atoms with Crippen LogP contribution >= 0.6 is 24.0 Å². The molecule has 1 amide bonds. The Morgan fingerprint density at radius 2 is 2.17 bits per heavy atom. The molecule has 1 aromatic rings. The fraction of sp³-hybridized carbons (Fsp3) is 0.588. The second kappa shape index (κ2) is 8.34. The lowest BCUT2D eigenvalue weighted by Gasteiger charge is -2.38. The van der Waals surface area contributed by atoms with Crippen molar-refractivity contribution in [3.05, 3.63) is 34.9 Å². The maximum Gasteiger partial charge on any atom is 0.224 e. The van der Waals surface area contributed by atoms with E-state index in [2.05, 4.69) is 16.7 Å². The van der Waals surface area contributed by atoms with Crippen molar-refractivity contribution in [2.75, 3.05) is 32.8 Å². The Balaban J connectivity index is 0.00000192. The van der Waals surface area contributed by atoms with E-state index in [1.54, 1.807) is 0 Å². The third kappa shape index (κ3) is 4.38. The van der Waals surface area contributed by atoms with Crippen molar-refractivity contribution < 1.29 is 9.53 Å². The minimum absolute atomic E-state index is 0. The van der Waals surface area contributed by atoms with Gasteiger partial charge >= 0.3 is 0 Å². The van der Waals surface area contributed by atoms with E-state index in [-0.39, 0.29) is 29.6 Å². The minimum atomic E-state index is -0.0646. The van der Waals surface area contributed by atoms with E-state index >= 15 is 0 Å². The van der Waals surface area contributed by atoms with Crippen molar-refractivity contribution in [3.8, 4) is 0 Å². The van der Waals surface area contributed by atoms with Crippen LogP contribution in [0.1, 0.15) is 24.8 Å². The summed E-state index contributed by atoms with van der Waals surface area (Å²) >= 11 is 6.17. The molecule has 1 unspecified atom stereocenters. The molecule has 2 aliphatic rings. The molecule has 3 rings (SSSR count). The second-order valence-corrected chi connectivity index (χ2v) is 6.75. The van der Waals surface area contributed by atoms with Crippen LogP contribution in [0.15, 0.2) is 24.3 Å². The number of halogens is 2. The molecule has 23 heavy (non-hydrogen) atoms. The van der Waals surface area contributed by atoms with Crippen LogP contribution in [-0.2, 0) is 14.9 Å². The zero-order chi connectivity index (χ0) is 15.4. The molecule has 0 spiro atoms. The summed E-state index contributed by atoms with van der Waals surface area (Å²) in [5.41, 5.74) is 1.14. The van der Waals surface area contributed by atoms with Gasteiger partial charge in [-0.05, 0) is 43.5 Å². The lowest BCUT2D eigenvalue weighted by atomic mass is 9.74. The molecule has 4 nitrogen and oxygen atoms in total. The van der Waals surface area contributed by atoms with Gasteiger partial charge in [0.2, 0.25) is 5.91 Å². The minimum Gasteiger partial charge on any atom is -0.381 e. The molecular weight excluding hydrogens is 335 g/mol. The van der Waals surface area contributed by atoms with Crippen LogP contribution in [-0.4, -0.2) is 38.8 Å². The van der Waals surface area contributed by atoms with E-state index in [1.165, 1.54) is 5.56 Å². The molecule has 0 saturated carbocycles. The Hall–Kier alpha value is -0.810. The number of hydrogen-bond acceptors (Lipinski definition) is 3. The molecule has 1 atom stereocenters. The van der Waals surface area contributed by atoms with Crippen LogP contribution in [0.2, 0.25) is 5.02 Å². The molecule has 2 heterocycles. The van der Waals surface area contributed by atoms with Gasteiger partial charge in [0.1, 0.15) is 0 Å². The highest BCUT2D eigenvalue weighted by molar-refractivity contribution is 6.30. The third-order valence-corrected chi connectivity index (χ3v) is 5.15. The molecule has 2 fully saturated rings. The Bertz CT molecular complexity index is 527. The normalized spacial score (nSPS) is 23.1. The van der Waals surface area contributed by atoms with E-state index in [9.17, 15) is 4.79 Å². The smallest absolute Gasteiger partial charge is 0.224 e. The van der Waals surface area contributed by atoms with E-state index in [1.807, 2.05) is 18.2 Å². The van der Waals surface area contributed by atoms with Gasteiger partial charge in [-0.2, -0.15) is 0 Å². The summed E-state index contributed by atoms with van der Waals surface area (Å²) in [5, 5.41) is 7.16. The van der Waals surface area contributed by atoms with Gasteiger partial charge in [0, 0.05) is 36.7 Å². The highest BCUT2D eigenvalue weighted by atomic mass is 35.5. The largest absolute Gasteiger partial charge is 0.381 e. The average Bonchev–Trinajstić information content (AvgIpc) is 3.08.